The summed E-state index contributed by atoms with van der Waals surface area (Å²) in [5.41, 5.74) is 6.59. The number of fused-ring (bicyclic) bond motifs is 3. The first-order chi connectivity index (χ1) is 18.4. The van der Waals surface area contributed by atoms with Gasteiger partial charge in [0.15, 0.2) is 11.5 Å². The number of hydrogen-bond acceptors (Lipinski definition) is 2. The van der Waals surface area contributed by atoms with Gasteiger partial charge in [-0.2, -0.15) is 0 Å². The minimum absolute atomic E-state index is 0.494. The molecule has 0 spiro atoms. The van der Waals surface area contributed by atoms with E-state index in [2.05, 4.69) is 103 Å². The van der Waals surface area contributed by atoms with Crippen molar-refractivity contribution in [2.75, 3.05) is 13.2 Å². The number of hydrogen-bond donors (Lipinski definition) is 0. The Morgan fingerprint density at radius 2 is 1.21 bits per heavy atom. The molecule has 4 rings (SSSR count). The van der Waals surface area contributed by atoms with Crippen LogP contribution in [0.5, 0.6) is 11.5 Å². The van der Waals surface area contributed by atoms with E-state index in [0.717, 1.165) is 30.8 Å². The Balaban J connectivity index is 1.95. The summed E-state index contributed by atoms with van der Waals surface area (Å²) in [5.74, 6) is 2.71. The molecular formula is C36H46O2. The number of benzene rings is 4. The van der Waals surface area contributed by atoms with Crippen molar-refractivity contribution in [3.8, 4) is 22.6 Å². The van der Waals surface area contributed by atoms with Gasteiger partial charge in [0.1, 0.15) is 0 Å². The zero-order chi connectivity index (χ0) is 27.2. The molecule has 38 heavy (non-hydrogen) atoms. The maximum absolute atomic E-state index is 6.45. The van der Waals surface area contributed by atoms with Gasteiger partial charge in [-0.1, -0.05) is 107 Å². The molecule has 0 aliphatic carbocycles. The van der Waals surface area contributed by atoms with Crippen molar-refractivity contribution in [1.82, 2.24) is 0 Å². The molecule has 0 fully saturated rings. The summed E-state index contributed by atoms with van der Waals surface area (Å²) in [7, 11) is 0. The van der Waals surface area contributed by atoms with Gasteiger partial charge in [-0.05, 0) is 88.9 Å². The molecule has 0 aliphatic rings. The van der Waals surface area contributed by atoms with Crippen LogP contribution in [0.15, 0.2) is 54.6 Å². The zero-order valence-corrected chi connectivity index (χ0v) is 24.6. The van der Waals surface area contributed by atoms with E-state index in [1.54, 1.807) is 0 Å². The molecule has 0 saturated heterocycles. The van der Waals surface area contributed by atoms with Crippen LogP contribution in [0.1, 0.15) is 77.0 Å². The Labute approximate surface area is 230 Å². The quantitative estimate of drug-likeness (QED) is 0.176. The van der Waals surface area contributed by atoms with E-state index >= 15 is 0 Å². The Morgan fingerprint density at radius 3 is 1.82 bits per heavy atom. The summed E-state index contributed by atoms with van der Waals surface area (Å²) in [4.78, 5) is 0. The summed E-state index contributed by atoms with van der Waals surface area (Å²) in [6.07, 6.45) is 5.59. The Morgan fingerprint density at radius 1 is 0.632 bits per heavy atom. The first kappa shape index (κ1) is 28.0. The standard InChI is InChI=1S/C36H46O2/c1-8-11-12-30-29-16-13-26(6)19-32(29)33-20-27(7)14-17-31(33)36(30)28-15-18-34(37-22-24(4)9-2)35(21-28)38-23-25(5)10-3/h13-21,24-25H,8-12,22-23H2,1-7H3. The summed E-state index contributed by atoms with van der Waals surface area (Å²) >= 11 is 0. The second-order valence-corrected chi connectivity index (χ2v) is 11.4. The first-order valence-corrected chi connectivity index (χ1v) is 14.7. The third kappa shape index (κ3) is 6.17. The molecule has 2 unspecified atom stereocenters. The summed E-state index contributed by atoms with van der Waals surface area (Å²) in [6, 6.07) is 20.5. The summed E-state index contributed by atoms with van der Waals surface area (Å²) in [6.45, 7) is 17.0. The van der Waals surface area contributed by atoms with Crippen LogP contribution in [0.3, 0.4) is 0 Å². The Hall–Kier alpha value is -3.00. The number of rotatable bonds is 12. The molecule has 0 N–H and O–H groups in total. The van der Waals surface area contributed by atoms with E-state index in [4.69, 9.17) is 9.47 Å². The first-order valence-electron chi connectivity index (χ1n) is 14.7. The molecule has 0 aliphatic heterocycles. The molecule has 0 radical (unpaired) electrons. The van der Waals surface area contributed by atoms with E-state index in [1.807, 2.05) is 0 Å². The molecule has 2 atom stereocenters. The van der Waals surface area contributed by atoms with Gasteiger partial charge in [0.25, 0.3) is 0 Å². The molecule has 4 aromatic rings. The molecule has 0 saturated carbocycles. The number of ether oxygens (including phenoxy) is 2. The van der Waals surface area contributed by atoms with Crippen LogP contribution in [-0.2, 0) is 6.42 Å². The predicted octanol–water partition coefficient (Wildman–Crippen LogP) is 10.5. The molecule has 2 nitrogen and oxygen atoms in total. The van der Waals surface area contributed by atoms with Crippen LogP contribution < -0.4 is 9.47 Å². The van der Waals surface area contributed by atoms with Crippen LogP contribution in [0.25, 0.3) is 32.7 Å². The summed E-state index contributed by atoms with van der Waals surface area (Å²) in [5, 5.41) is 5.38. The van der Waals surface area contributed by atoms with Crippen LogP contribution in [0.4, 0.5) is 0 Å². The van der Waals surface area contributed by atoms with E-state index in [1.165, 1.54) is 62.2 Å². The van der Waals surface area contributed by atoms with Crippen LogP contribution >= 0.6 is 0 Å². The third-order valence-electron chi connectivity index (χ3n) is 7.99. The normalized spacial score (nSPS) is 13.1. The molecule has 0 bridgehead atoms. The predicted molar refractivity (Wildman–Crippen MR) is 165 cm³/mol. The second kappa shape index (κ2) is 12.7. The van der Waals surface area contributed by atoms with E-state index < -0.39 is 0 Å². The molecule has 0 aromatic heterocycles. The van der Waals surface area contributed by atoms with Gasteiger partial charge < -0.3 is 9.47 Å². The van der Waals surface area contributed by atoms with Gasteiger partial charge >= 0.3 is 0 Å². The average Bonchev–Trinajstić information content (AvgIpc) is 2.93. The fourth-order valence-corrected chi connectivity index (χ4v) is 5.08. The monoisotopic (exact) mass is 510 g/mol. The fraction of sp³-hybridized carbons (Fsp3) is 0.444. The van der Waals surface area contributed by atoms with Crippen molar-refractivity contribution >= 4 is 21.5 Å². The van der Waals surface area contributed by atoms with Gasteiger partial charge in [-0.3, -0.25) is 0 Å². The van der Waals surface area contributed by atoms with Gasteiger partial charge in [0.05, 0.1) is 13.2 Å². The van der Waals surface area contributed by atoms with Crippen molar-refractivity contribution in [1.29, 1.82) is 0 Å². The van der Waals surface area contributed by atoms with Crippen LogP contribution in [0.2, 0.25) is 0 Å². The number of unbranched alkanes of at least 4 members (excludes halogenated alkanes) is 1. The van der Waals surface area contributed by atoms with E-state index in [9.17, 15) is 0 Å². The molecular weight excluding hydrogens is 464 g/mol. The summed E-state index contributed by atoms with van der Waals surface area (Å²) < 4.78 is 12.8. The maximum atomic E-state index is 6.45. The van der Waals surface area contributed by atoms with Gasteiger partial charge in [0.2, 0.25) is 0 Å². The molecule has 0 amide bonds. The van der Waals surface area contributed by atoms with Crippen molar-refractivity contribution in [2.24, 2.45) is 11.8 Å². The minimum Gasteiger partial charge on any atom is -0.489 e. The van der Waals surface area contributed by atoms with Gasteiger partial charge in [0, 0.05) is 0 Å². The topological polar surface area (TPSA) is 18.5 Å². The SMILES string of the molecule is CCCCc1c(-c2ccc(OCC(C)CC)c(OCC(C)CC)c2)c2ccc(C)cc2c2cc(C)ccc12. The van der Waals surface area contributed by atoms with Gasteiger partial charge in [-0.15, -0.1) is 0 Å². The second-order valence-electron chi connectivity index (χ2n) is 11.4. The highest BCUT2D eigenvalue weighted by molar-refractivity contribution is 6.16. The van der Waals surface area contributed by atoms with Gasteiger partial charge in [-0.25, -0.2) is 0 Å². The Bertz CT molecular complexity index is 1380. The van der Waals surface area contributed by atoms with Crippen molar-refractivity contribution in [3.63, 3.8) is 0 Å². The fourth-order valence-electron chi connectivity index (χ4n) is 5.08. The molecule has 202 valence electrons. The molecule has 4 aromatic carbocycles. The lowest BCUT2D eigenvalue weighted by molar-refractivity contribution is 0.218. The lowest BCUT2D eigenvalue weighted by atomic mass is 9.85. The Kier molecular flexibility index (Phi) is 9.36. The van der Waals surface area contributed by atoms with Crippen LogP contribution in [-0.4, -0.2) is 13.2 Å². The highest BCUT2D eigenvalue weighted by Crippen LogP contribution is 2.43. The highest BCUT2D eigenvalue weighted by atomic mass is 16.5. The van der Waals surface area contributed by atoms with E-state index in [-0.39, 0.29) is 0 Å². The smallest absolute Gasteiger partial charge is 0.161 e. The third-order valence-corrected chi connectivity index (χ3v) is 7.99. The average molecular weight is 511 g/mol. The molecule has 0 heterocycles. The maximum Gasteiger partial charge on any atom is 0.161 e. The largest absolute Gasteiger partial charge is 0.489 e. The van der Waals surface area contributed by atoms with Crippen LogP contribution in [0, 0.1) is 25.7 Å². The van der Waals surface area contributed by atoms with Crippen molar-refractivity contribution in [2.45, 2.75) is 80.6 Å². The van der Waals surface area contributed by atoms with Crippen molar-refractivity contribution in [3.05, 3.63) is 71.3 Å². The number of aryl methyl sites for hydroxylation is 3. The minimum atomic E-state index is 0.494. The van der Waals surface area contributed by atoms with Crippen molar-refractivity contribution < 1.29 is 9.47 Å². The lowest BCUT2D eigenvalue weighted by Gasteiger charge is -2.21. The highest BCUT2D eigenvalue weighted by Gasteiger charge is 2.19. The van der Waals surface area contributed by atoms with E-state index in [0.29, 0.717) is 25.0 Å². The lowest BCUT2D eigenvalue weighted by Crippen LogP contribution is -2.11. The molecule has 2 heteroatoms. The zero-order valence-electron chi connectivity index (χ0n) is 24.6.